The van der Waals surface area contributed by atoms with Crippen molar-refractivity contribution in [1.82, 2.24) is 0 Å². The van der Waals surface area contributed by atoms with E-state index in [2.05, 4.69) is 4.74 Å². The van der Waals surface area contributed by atoms with E-state index in [0.717, 1.165) is 5.56 Å². The van der Waals surface area contributed by atoms with Crippen LogP contribution in [0.2, 0.25) is 0 Å². The summed E-state index contributed by atoms with van der Waals surface area (Å²) >= 11 is 0. The van der Waals surface area contributed by atoms with Gasteiger partial charge in [-0.2, -0.15) is 0 Å². The summed E-state index contributed by atoms with van der Waals surface area (Å²) in [6.45, 7) is 1.84. The topological polar surface area (TPSA) is 44.5 Å². The minimum Gasteiger partial charge on any atom is -0.486 e. The first-order chi connectivity index (χ1) is 9.83. The molecule has 0 amide bonds. The molecule has 112 valence electrons. The maximum Gasteiger partial charge on any atom is 0.573 e. The van der Waals surface area contributed by atoms with E-state index in [1.54, 1.807) is 12.1 Å². The molecule has 6 heteroatoms. The molecule has 0 heterocycles. The molecule has 2 N–H and O–H groups in total. The quantitative estimate of drug-likeness (QED) is 0.855. The number of anilines is 1. The van der Waals surface area contributed by atoms with E-state index in [1.165, 1.54) is 24.3 Å². The van der Waals surface area contributed by atoms with E-state index in [1.807, 2.05) is 19.1 Å². The van der Waals surface area contributed by atoms with Crippen LogP contribution in [0.25, 0.3) is 0 Å². The van der Waals surface area contributed by atoms with E-state index >= 15 is 0 Å². The highest BCUT2D eigenvalue weighted by Crippen LogP contribution is 2.27. The Morgan fingerprint density at radius 3 is 1.95 bits per heavy atom. The molecule has 2 aromatic carbocycles. The summed E-state index contributed by atoms with van der Waals surface area (Å²) in [4.78, 5) is 0. The van der Waals surface area contributed by atoms with Gasteiger partial charge in [0, 0.05) is 5.69 Å². The monoisotopic (exact) mass is 297 g/mol. The normalized spacial score (nSPS) is 12.8. The van der Waals surface area contributed by atoms with Crippen molar-refractivity contribution in [2.45, 2.75) is 19.4 Å². The van der Waals surface area contributed by atoms with Gasteiger partial charge in [-0.3, -0.25) is 0 Å². The Morgan fingerprint density at radius 1 is 0.905 bits per heavy atom. The number of hydrogen-bond donors (Lipinski definition) is 1. The average Bonchev–Trinajstić information content (AvgIpc) is 2.40. The molecule has 0 aliphatic rings. The summed E-state index contributed by atoms with van der Waals surface area (Å²) in [6, 6.07) is 12.5. The van der Waals surface area contributed by atoms with Crippen molar-refractivity contribution in [3.05, 3.63) is 54.1 Å². The average molecular weight is 297 g/mol. The molecular weight excluding hydrogens is 283 g/mol. The van der Waals surface area contributed by atoms with Crippen LogP contribution >= 0.6 is 0 Å². The molecule has 0 saturated carbocycles. The Kier molecular flexibility index (Phi) is 4.26. The van der Waals surface area contributed by atoms with Gasteiger partial charge in [0.2, 0.25) is 0 Å². The van der Waals surface area contributed by atoms with Gasteiger partial charge in [-0.05, 0) is 48.9 Å². The fourth-order valence-electron chi connectivity index (χ4n) is 1.76. The number of rotatable bonds is 4. The summed E-state index contributed by atoms with van der Waals surface area (Å²) in [5, 5.41) is 0. The molecule has 2 rings (SSSR count). The van der Waals surface area contributed by atoms with Gasteiger partial charge in [0.05, 0.1) is 0 Å². The van der Waals surface area contributed by atoms with Crippen LogP contribution in [0.15, 0.2) is 48.5 Å². The first-order valence-electron chi connectivity index (χ1n) is 6.21. The van der Waals surface area contributed by atoms with Crippen molar-refractivity contribution < 1.29 is 22.6 Å². The predicted octanol–water partition coefficient (Wildman–Crippen LogP) is 4.31. The number of ether oxygens (including phenoxy) is 2. The Labute approximate surface area is 120 Å². The minimum absolute atomic E-state index is 0.250. The van der Waals surface area contributed by atoms with Gasteiger partial charge in [0.15, 0.2) is 0 Å². The van der Waals surface area contributed by atoms with Crippen LogP contribution in [0.1, 0.15) is 18.6 Å². The molecule has 0 radical (unpaired) electrons. The maximum atomic E-state index is 12.0. The maximum absolute atomic E-state index is 12.0. The second-order valence-corrected chi connectivity index (χ2v) is 4.45. The molecule has 1 atom stereocenters. The summed E-state index contributed by atoms with van der Waals surface area (Å²) in [7, 11) is 0. The van der Waals surface area contributed by atoms with Crippen LogP contribution in [0.3, 0.4) is 0 Å². The van der Waals surface area contributed by atoms with Crippen LogP contribution in [-0.2, 0) is 0 Å². The van der Waals surface area contributed by atoms with Gasteiger partial charge in [-0.15, -0.1) is 13.2 Å². The highest BCUT2D eigenvalue weighted by Gasteiger charge is 2.30. The summed E-state index contributed by atoms with van der Waals surface area (Å²) < 4.78 is 45.6. The van der Waals surface area contributed by atoms with Gasteiger partial charge >= 0.3 is 6.36 Å². The van der Waals surface area contributed by atoms with Crippen LogP contribution < -0.4 is 15.2 Å². The molecule has 0 saturated heterocycles. The van der Waals surface area contributed by atoms with Crippen LogP contribution in [-0.4, -0.2) is 6.36 Å². The zero-order valence-corrected chi connectivity index (χ0v) is 11.2. The van der Waals surface area contributed by atoms with Crippen molar-refractivity contribution in [3.63, 3.8) is 0 Å². The Morgan fingerprint density at radius 2 is 1.43 bits per heavy atom. The van der Waals surface area contributed by atoms with Crippen molar-refractivity contribution in [1.29, 1.82) is 0 Å². The van der Waals surface area contributed by atoms with Crippen LogP contribution in [0.4, 0.5) is 18.9 Å². The lowest BCUT2D eigenvalue weighted by molar-refractivity contribution is -0.274. The number of nitrogen functional groups attached to an aromatic ring is 1. The lowest BCUT2D eigenvalue weighted by Crippen LogP contribution is -2.17. The SMILES string of the molecule is CC(Oc1ccc(OC(F)(F)F)cc1)c1ccc(N)cc1. The van der Waals surface area contributed by atoms with Gasteiger partial charge in [0.25, 0.3) is 0 Å². The second kappa shape index (κ2) is 5.95. The van der Waals surface area contributed by atoms with Crippen molar-refractivity contribution in [2.24, 2.45) is 0 Å². The Balaban J connectivity index is 2.01. The highest BCUT2D eigenvalue weighted by atomic mass is 19.4. The summed E-state index contributed by atoms with van der Waals surface area (Å²) in [5.74, 6) is 0.170. The molecule has 1 unspecified atom stereocenters. The lowest BCUT2D eigenvalue weighted by atomic mass is 10.1. The smallest absolute Gasteiger partial charge is 0.486 e. The molecule has 0 aromatic heterocycles. The first-order valence-corrected chi connectivity index (χ1v) is 6.21. The number of benzene rings is 2. The zero-order valence-electron chi connectivity index (χ0n) is 11.2. The molecular formula is C15H14F3NO2. The van der Waals surface area contributed by atoms with E-state index < -0.39 is 6.36 Å². The number of halogens is 3. The molecule has 0 aliphatic carbocycles. The number of nitrogens with two attached hydrogens (primary N) is 1. The fraction of sp³-hybridized carbons (Fsp3) is 0.200. The molecule has 21 heavy (non-hydrogen) atoms. The summed E-state index contributed by atoms with van der Waals surface area (Å²) in [6.07, 6.45) is -4.94. The zero-order chi connectivity index (χ0) is 15.5. The van der Waals surface area contributed by atoms with E-state index in [4.69, 9.17) is 10.5 Å². The molecule has 3 nitrogen and oxygen atoms in total. The van der Waals surface area contributed by atoms with Crippen molar-refractivity contribution in [3.8, 4) is 11.5 Å². The Bertz CT molecular complexity index is 579. The van der Waals surface area contributed by atoms with Crippen LogP contribution in [0.5, 0.6) is 11.5 Å². The molecule has 0 bridgehead atoms. The number of alkyl halides is 3. The van der Waals surface area contributed by atoms with Gasteiger partial charge in [-0.25, -0.2) is 0 Å². The summed E-state index contributed by atoms with van der Waals surface area (Å²) in [5.41, 5.74) is 7.17. The fourth-order valence-corrected chi connectivity index (χ4v) is 1.76. The lowest BCUT2D eigenvalue weighted by Gasteiger charge is -2.16. The Hall–Kier alpha value is -2.37. The molecule has 0 spiro atoms. The standard InChI is InChI=1S/C15H14F3NO2/c1-10(11-2-4-12(19)5-3-11)20-13-6-8-14(9-7-13)21-15(16,17)18/h2-10H,19H2,1H3. The molecule has 0 aliphatic heterocycles. The van der Waals surface area contributed by atoms with E-state index in [0.29, 0.717) is 11.4 Å². The third kappa shape index (κ3) is 4.59. The third-order valence-electron chi connectivity index (χ3n) is 2.78. The van der Waals surface area contributed by atoms with Crippen LogP contribution in [0, 0.1) is 0 Å². The molecule has 0 fully saturated rings. The second-order valence-electron chi connectivity index (χ2n) is 4.45. The third-order valence-corrected chi connectivity index (χ3v) is 2.78. The van der Waals surface area contributed by atoms with Gasteiger partial charge in [0.1, 0.15) is 17.6 Å². The van der Waals surface area contributed by atoms with Gasteiger partial charge < -0.3 is 15.2 Å². The first kappa shape index (κ1) is 15.0. The van der Waals surface area contributed by atoms with E-state index in [-0.39, 0.29) is 11.9 Å². The van der Waals surface area contributed by atoms with Gasteiger partial charge in [-0.1, -0.05) is 12.1 Å². The van der Waals surface area contributed by atoms with E-state index in [9.17, 15) is 13.2 Å². The largest absolute Gasteiger partial charge is 0.573 e. The van der Waals surface area contributed by atoms with Crippen molar-refractivity contribution in [2.75, 3.05) is 5.73 Å². The minimum atomic E-state index is -4.69. The molecule has 2 aromatic rings. The number of hydrogen-bond acceptors (Lipinski definition) is 3. The highest BCUT2D eigenvalue weighted by molar-refractivity contribution is 5.40. The van der Waals surface area contributed by atoms with Crippen molar-refractivity contribution >= 4 is 5.69 Å². The predicted molar refractivity (Wildman–Crippen MR) is 73.0 cm³/mol.